The molecule has 0 bridgehead atoms. The Morgan fingerprint density at radius 1 is 1.30 bits per heavy atom. The van der Waals surface area contributed by atoms with Gasteiger partial charge in [0, 0.05) is 0 Å². The maximum Gasteiger partial charge on any atom is 0.240 e. The number of likely N-dealkylation sites (tertiary alicyclic amines) is 1. The van der Waals surface area contributed by atoms with Gasteiger partial charge in [0.25, 0.3) is 0 Å². The highest BCUT2D eigenvalue weighted by molar-refractivity contribution is 5.86. The molecule has 0 atom stereocenters. The third-order valence-corrected chi connectivity index (χ3v) is 4.53. The third kappa shape index (κ3) is 2.37. The minimum absolute atomic E-state index is 0.131. The van der Waals surface area contributed by atoms with Crippen LogP contribution in [0.25, 0.3) is 0 Å². The number of nitrogens with one attached hydrogen (secondary N) is 2. The smallest absolute Gasteiger partial charge is 0.240 e. The summed E-state index contributed by atoms with van der Waals surface area (Å²) in [6.07, 6.45) is 6.62. The Morgan fingerprint density at radius 2 is 2.00 bits per heavy atom. The van der Waals surface area contributed by atoms with E-state index >= 15 is 0 Å². The van der Waals surface area contributed by atoms with E-state index in [0.29, 0.717) is 12.4 Å². The quantitative estimate of drug-likeness (QED) is 0.741. The number of nitrogens with two attached hydrogens (primary N) is 1. The molecule has 1 aliphatic carbocycles. The van der Waals surface area contributed by atoms with Crippen molar-refractivity contribution >= 4 is 11.9 Å². The molecule has 1 aromatic heterocycles. The lowest BCUT2D eigenvalue weighted by Crippen LogP contribution is -2.56. The second-order valence-electron chi connectivity index (χ2n) is 5.76. The number of aromatic nitrogens is 3. The lowest BCUT2D eigenvalue weighted by molar-refractivity contribution is -0.133. The van der Waals surface area contributed by atoms with Crippen molar-refractivity contribution in [3.63, 3.8) is 0 Å². The summed E-state index contributed by atoms with van der Waals surface area (Å²) in [5.41, 5.74) is 5.17. The number of H-pyrrole nitrogens is 1. The minimum Gasteiger partial charge on any atom is -0.367 e. The van der Waals surface area contributed by atoms with Crippen LogP contribution in [0.3, 0.4) is 0 Å². The molecule has 7 nitrogen and oxygen atoms in total. The maximum atomic E-state index is 12.7. The lowest BCUT2D eigenvalue weighted by Gasteiger charge is -2.37. The summed E-state index contributed by atoms with van der Waals surface area (Å²) in [5.74, 6) is 0.946. The van der Waals surface area contributed by atoms with Gasteiger partial charge in [-0.2, -0.15) is 4.98 Å². The van der Waals surface area contributed by atoms with Crippen LogP contribution in [0, 0.1) is 0 Å². The summed E-state index contributed by atoms with van der Waals surface area (Å²) in [5, 5.41) is 9.49. The predicted octanol–water partition coefficient (Wildman–Crippen LogP) is 0.412. The van der Waals surface area contributed by atoms with Gasteiger partial charge in [0.15, 0.2) is 0 Å². The molecular weight excluding hydrogens is 256 g/mol. The first-order valence-electron chi connectivity index (χ1n) is 7.41. The fourth-order valence-corrected chi connectivity index (χ4v) is 3.51. The number of nitrogens with zero attached hydrogens (tertiary/aromatic N) is 3. The van der Waals surface area contributed by atoms with Gasteiger partial charge in [-0.3, -0.25) is 14.8 Å². The standard InChI is InChI=1S/C13H22N6O/c14-12-16-10(17-18-12)9-15-11(20)13(5-1-2-6-13)19-7-3-4-8-19/h1-9H2,(H,15,20)(H3,14,16,17,18). The van der Waals surface area contributed by atoms with E-state index in [0.717, 1.165) is 38.8 Å². The normalized spacial score (nSPS) is 22.2. The first-order valence-corrected chi connectivity index (χ1v) is 7.41. The summed E-state index contributed by atoms with van der Waals surface area (Å²) in [4.78, 5) is 19.1. The average molecular weight is 278 g/mol. The van der Waals surface area contributed by atoms with Crippen LogP contribution in [0.5, 0.6) is 0 Å². The van der Waals surface area contributed by atoms with E-state index in [1.54, 1.807) is 0 Å². The predicted molar refractivity (Wildman–Crippen MR) is 74.6 cm³/mol. The van der Waals surface area contributed by atoms with Crippen LogP contribution in [0.15, 0.2) is 0 Å². The van der Waals surface area contributed by atoms with Crippen LogP contribution in [0.4, 0.5) is 5.95 Å². The monoisotopic (exact) mass is 278 g/mol. The number of aromatic amines is 1. The van der Waals surface area contributed by atoms with Crippen molar-refractivity contribution in [2.45, 2.75) is 50.6 Å². The lowest BCUT2D eigenvalue weighted by atomic mass is 9.94. The van der Waals surface area contributed by atoms with E-state index in [1.165, 1.54) is 12.8 Å². The Balaban J connectivity index is 1.66. The zero-order chi connectivity index (χ0) is 14.0. The van der Waals surface area contributed by atoms with Crippen LogP contribution in [0.2, 0.25) is 0 Å². The van der Waals surface area contributed by atoms with E-state index in [-0.39, 0.29) is 17.4 Å². The Labute approximate surface area is 118 Å². The Morgan fingerprint density at radius 3 is 2.60 bits per heavy atom. The fraction of sp³-hybridized carbons (Fsp3) is 0.769. The largest absolute Gasteiger partial charge is 0.367 e. The molecule has 2 heterocycles. The Bertz CT molecular complexity index is 473. The van der Waals surface area contributed by atoms with Gasteiger partial charge in [-0.1, -0.05) is 12.8 Å². The molecule has 0 spiro atoms. The van der Waals surface area contributed by atoms with Gasteiger partial charge in [-0.05, 0) is 38.8 Å². The number of carbonyl (C=O) groups is 1. The number of carbonyl (C=O) groups excluding carboxylic acids is 1. The number of hydrogen-bond acceptors (Lipinski definition) is 5. The molecule has 1 aliphatic heterocycles. The van der Waals surface area contributed by atoms with E-state index in [4.69, 9.17) is 5.73 Å². The molecule has 0 aromatic carbocycles. The van der Waals surface area contributed by atoms with Crippen molar-refractivity contribution in [1.82, 2.24) is 25.4 Å². The second-order valence-corrected chi connectivity index (χ2v) is 5.76. The molecule has 2 aliphatic rings. The summed E-state index contributed by atoms with van der Waals surface area (Å²) < 4.78 is 0. The van der Waals surface area contributed by atoms with Crippen LogP contribution >= 0.6 is 0 Å². The average Bonchev–Trinajstić information content (AvgIpc) is 3.17. The Kier molecular flexibility index (Phi) is 3.60. The first kappa shape index (κ1) is 13.4. The van der Waals surface area contributed by atoms with Crippen LogP contribution in [-0.4, -0.2) is 44.6 Å². The summed E-state index contributed by atoms with van der Waals surface area (Å²) in [7, 11) is 0. The van der Waals surface area contributed by atoms with Gasteiger partial charge in [0.2, 0.25) is 11.9 Å². The van der Waals surface area contributed by atoms with E-state index in [2.05, 4.69) is 25.4 Å². The summed E-state index contributed by atoms with van der Waals surface area (Å²) >= 11 is 0. The van der Waals surface area contributed by atoms with E-state index < -0.39 is 0 Å². The molecule has 0 unspecified atom stereocenters. The van der Waals surface area contributed by atoms with E-state index in [9.17, 15) is 4.79 Å². The van der Waals surface area contributed by atoms with Gasteiger partial charge in [0.05, 0.1) is 6.54 Å². The molecule has 7 heteroatoms. The van der Waals surface area contributed by atoms with Gasteiger partial charge < -0.3 is 11.1 Å². The third-order valence-electron chi connectivity index (χ3n) is 4.53. The Hall–Kier alpha value is -1.63. The zero-order valence-electron chi connectivity index (χ0n) is 11.7. The van der Waals surface area contributed by atoms with Crippen molar-refractivity contribution in [2.24, 2.45) is 0 Å². The number of hydrogen-bond donors (Lipinski definition) is 3. The van der Waals surface area contributed by atoms with Crippen LogP contribution < -0.4 is 11.1 Å². The molecule has 3 rings (SSSR count). The van der Waals surface area contributed by atoms with Crippen molar-refractivity contribution in [1.29, 1.82) is 0 Å². The molecule has 20 heavy (non-hydrogen) atoms. The molecule has 110 valence electrons. The van der Waals surface area contributed by atoms with Crippen molar-refractivity contribution in [2.75, 3.05) is 18.8 Å². The van der Waals surface area contributed by atoms with Crippen molar-refractivity contribution in [3.8, 4) is 0 Å². The highest BCUT2D eigenvalue weighted by Crippen LogP contribution is 2.37. The minimum atomic E-state index is -0.290. The van der Waals surface area contributed by atoms with Gasteiger partial charge in [0.1, 0.15) is 11.4 Å². The zero-order valence-corrected chi connectivity index (χ0v) is 11.7. The molecular formula is C13H22N6O. The van der Waals surface area contributed by atoms with Gasteiger partial charge in [-0.25, -0.2) is 0 Å². The van der Waals surface area contributed by atoms with Crippen LogP contribution in [-0.2, 0) is 11.3 Å². The number of anilines is 1. The number of nitrogen functional groups attached to an aromatic ring is 1. The highest BCUT2D eigenvalue weighted by Gasteiger charge is 2.46. The first-order chi connectivity index (χ1) is 9.71. The second kappa shape index (κ2) is 5.40. The maximum absolute atomic E-state index is 12.7. The van der Waals surface area contributed by atoms with Crippen molar-refractivity contribution < 1.29 is 4.79 Å². The van der Waals surface area contributed by atoms with Crippen molar-refractivity contribution in [3.05, 3.63) is 5.82 Å². The van der Waals surface area contributed by atoms with E-state index in [1.807, 2.05) is 0 Å². The van der Waals surface area contributed by atoms with Crippen LogP contribution in [0.1, 0.15) is 44.3 Å². The van der Waals surface area contributed by atoms with Gasteiger partial charge in [-0.15, -0.1) is 5.10 Å². The number of rotatable bonds is 4. The fourth-order valence-electron chi connectivity index (χ4n) is 3.51. The summed E-state index contributed by atoms with van der Waals surface area (Å²) in [6.45, 7) is 2.45. The molecule has 4 N–H and O–H groups in total. The van der Waals surface area contributed by atoms with Gasteiger partial charge >= 0.3 is 0 Å². The molecule has 1 saturated carbocycles. The molecule has 1 saturated heterocycles. The molecule has 2 fully saturated rings. The molecule has 0 radical (unpaired) electrons. The topological polar surface area (TPSA) is 99.9 Å². The molecule has 1 aromatic rings. The SMILES string of the molecule is Nc1n[nH]c(CNC(=O)C2(N3CCCC3)CCCC2)n1. The molecule has 1 amide bonds. The highest BCUT2D eigenvalue weighted by atomic mass is 16.2. The number of amides is 1. The summed E-state index contributed by atoms with van der Waals surface area (Å²) in [6, 6.07) is 0.